The number of aliphatic imine (C=N–C) groups is 4. The molecule has 0 saturated heterocycles. The van der Waals surface area contributed by atoms with Crippen molar-refractivity contribution in [2.45, 2.75) is 19.9 Å². The minimum Gasteiger partial charge on any atom is -1.00 e. The van der Waals surface area contributed by atoms with E-state index in [1.54, 1.807) is 6.21 Å². The van der Waals surface area contributed by atoms with Gasteiger partial charge in [0.2, 0.25) is 0 Å². The van der Waals surface area contributed by atoms with E-state index >= 15 is 0 Å². The molecule has 0 aromatic rings. The maximum absolute atomic E-state index is 4.32. The van der Waals surface area contributed by atoms with Crippen molar-refractivity contribution in [2.75, 3.05) is 6.54 Å². The van der Waals surface area contributed by atoms with E-state index in [9.17, 15) is 0 Å². The molecule has 1 radical (unpaired) electrons. The molecule has 16 heavy (non-hydrogen) atoms. The van der Waals surface area contributed by atoms with Gasteiger partial charge in [-0.1, -0.05) is 0 Å². The molecule has 2 rings (SSSR count). The molecule has 0 fully saturated rings. The molecule has 0 aromatic carbocycles. The van der Waals surface area contributed by atoms with Gasteiger partial charge < -0.3 is 37.2 Å². The Morgan fingerprint density at radius 2 is 1.81 bits per heavy atom. The Morgan fingerprint density at radius 3 is 2.19 bits per heavy atom. The van der Waals surface area contributed by atoms with Crippen LogP contribution in [0.2, 0.25) is 0 Å². The van der Waals surface area contributed by atoms with Gasteiger partial charge in [0.05, 0.1) is 12.6 Å². The molecule has 0 saturated carbocycles. The van der Waals surface area contributed by atoms with Gasteiger partial charge in [0.1, 0.15) is 0 Å². The van der Waals surface area contributed by atoms with Crippen molar-refractivity contribution in [3.8, 4) is 0 Å². The van der Waals surface area contributed by atoms with Gasteiger partial charge in [0, 0.05) is 11.9 Å². The molecule has 91 valence electrons. The standard InChI is InChI=1S/C8H10N4.3ClH.Os/c1-5-6(2)12-8(11-5)7-9-3-4-10-7;;;;/h3,5H,4H2,1-2H3;3*1H;/q;;;;+3/p-3/t5-;;;;/m1..../s1. The Morgan fingerprint density at radius 1 is 1.19 bits per heavy atom. The summed E-state index contributed by atoms with van der Waals surface area (Å²) in [6, 6.07) is 0.193. The van der Waals surface area contributed by atoms with Gasteiger partial charge in [-0.2, -0.15) is 0 Å². The van der Waals surface area contributed by atoms with Gasteiger partial charge in [-0.3, -0.25) is 9.98 Å². The summed E-state index contributed by atoms with van der Waals surface area (Å²) in [5, 5.41) is 0. The monoisotopic (exact) mass is 459 g/mol. The number of hydrogen-bond donors (Lipinski definition) is 0. The molecule has 0 N–H and O–H groups in total. The zero-order valence-electron chi connectivity index (χ0n) is 8.64. The first-order valence-electron chi connectivity index (χ1n) is 3.97. The van der Waals surface area contributed by atoms with Crippen molar-refractivity contribution in [1.82, 2.24) is 0 Å². The second-order valence-corrected chi connectivity index (χ2v) is 2.86. The first kappa shape index (κ1) is 21.5. The number of halogens is 3. The van der Waals surface area contributed by atoms with Gasteiger partial charge in [0.15, 0.2) is 11.7 Å². The molecule has 0 spiro atoms. The maximum atomic E-state index is 4.32. The smallest absolute Gasteiger partial charge is 1.00 e. The van der Waals surface area contributed by atoms with Crippen molar-refractivity contribution in [2.24, 2.45) is 20.0 Å². The number of hydrogen-bond acceptors (Lipinski definition) is 4. The summed E-state index contributed by atoms with van der Waals surface area (Å²) in [5.41, 5.74) is 1.04. The molecule has 2 aliphatic rings. The largest absolute Gasteiger partial charge is 3.00 e. The van der Waals surface area contributed by atoms with Crippen molar-refractivity contribution in [1.29, 1.82) is 0 Å². The van der Waals surface area contributed by atoms with E-state index in [0.29, 0.717) is 18.2 Å². The van der Waals surface area contributed by atoms with Crippen LogP contribution in [0, 0.1) is 0 Å². The number of rotatable bonds is 1. The van der Waals surface area contributed by atoms with E-state index in [-0.39, 0.29) is 63.1 Å². The molecule has 1 atom stereocenters. The van der Waals surface area contributed by atoms with Crippen molar-refractivity contribution in [3.05, 3.63) is 0 Å². The molecule has 4 nitrogen and oxygen atoms in total. The SMILES string of the molecule is CC1=NC(C2=NCC=N2)=N[C@@H]1C.[Cl-].[Cl-].[Cl-].[Os+3]. The fourth-order valence-corrected chi connectivity index (χ4v) is 1.10. The molecule has 0 unspecified atom stereocenters. The van der Waals surface area contributed by atoms with Crippen LogP contribution in [-0.2, 0) is 19.8 Å². The van der Waals surface area contributed by atoms with Crippen LogP contribution in [-0.4, -0.2) is 36.2 Å². The van der Waals surface area contributed by atoms with Crippen LogP contribution in [0.15, 0.2) is 20.0 Å². The molecule has 0 amide bonds. The van der Waals surface area contributed by atoms with Crippen molar-refractivity contribution in [3.63, 3.8) is 0 Å². The summed E-state index contributed by atoms with van der Waals surface area (Å²) in [7, 11) is 0. The molecule has 0 bridgehead atoms. The minimum absolute atomic E-state index is 0. The Kier molecular flexibility index (Phi) is 12.4. The van der Waals surface area contributed by atoms with Crippen molar-refractivity contribution < 1.29 is 57.0 Å². The summed E-state index contributed by atoms with van der Waals surface area (Å²) >= 11 is 0. The fraction of sp³-hybridized carbons (Fsp3) is 0.500. The van der Waals surface area contributed by atoms with Crippen LogP contribution in [0.5, 0.6) is 0 Å². The van der Waals surface area contributed by atoms with Crippen LogP contribution in [0.4, 0.5) is 0 Å². The van der Waals surface area contributed by atoms with Crippen LogP contribution >= 0.6 is 0 Å². The summed E-state index contributed by atoms with van der Waals surface area (Å²) in [5.74, 6) is 1.37. The summed E-state index contributed by atoms with van der Waals surface area (Å²) in [4.78, 5) is 16.8. The molecular weight excluding hydrogens is 449 g/mol. The second-order valence-electron chi connectivity index (χ2n) is 2.86. The van der Waals surface area contributed by atoms with E-state index < -0.39 is 0 Å². The van der Waals surface area contributed by atoms with E-state index in [4.69, 9.17) is 0 Å². The maximum Gasteiger partial charge on any atom is 3.00 e. The topological polar surface area (TPSA) is 49.4 Å². The van der Waals surface area contributed by atoms with Gasteiger partial charge >= 0.3 is 19.8 Å². The van der Waals surface area contributed by atoms with Crippen molar-refractivity contribution >= 4 is 23.6 Å². The average Bonchev–Trinajstić information content (AvgIpc) is 2.61. The van der Waals surface area contributed by atoms with Gasteiger partial charge in [-0.05, 0) is 13.8 Å². The number of nitrogens with zero attached hydrogens (tertiary/aromatic N) is 4. The Balaban J connectivity index is -0.000000422. The minimum atomic E-state index is 0. The summed E-state index contributed by atoms with van der Waals surface area (Å²) in [6.07, 6.45) is 1.77. The van der Waals surface area contributed by atoms with E-state index in [0.717, 1.165) is 5.71 Å². The molecule has 0 aliphatic carbocycles. The summed E-state index contributed by atoms with van der Waals surface area (Å²) in [6.45, 7) is 4.66. The fourth-order valence-electron chi connectivity index (χ4n) is 1.10. The van der Waals surface area contributed by atoms with E-state index in [1.807, 2.05) is 13.8 Å². The quantitative estimate of drug-likeness (QED) is 0.375. The zero-order valence-corrected chi connectivity index (χ0v) is 13.4. The van der Waals surface area contributed by atoms with Crippen LogP contribution in [0.1, 0.15) is 13.8 Å². The average molecular weight is 459 g/mol. The first-order valence-corrected chi connectivity index (χ1v) is 3.97. The first-order chi connectivity index (χ1) is 5.77. The van der Waals surface area contributed by atoms with Gasteiger partial charge in [-0.25, -0.2) is 9.98 Å². The molecule has 0 aromatic heterocycles. The third-order valence-electron chi connectivity index (χ3n) is 1.94. The summed E-state index contributed by atoms with van der Waals surface area (Å²) < 4.78 is 0. The van der Waals surface area contributed by atoms with E-state index in [2.05, 4.69) is 20.0 Å². The zero-order chi connectivity index (χ0) is 8.55. The Hall–Kier alpha value is 0.186. The number of amidine groups is 2. The third-order valence-corrected chi connectivity index (χ3v) is 1.94. The molecular formula is C8H10Cl3N4Os. The second kappa shape index (κ2) is 9.24. The predicted octanol–water partition coefficient (Wildman–Crippen LogP) is -8.26. The molecule has 2 heterocycles. The third kappa shape index (κ3) is 4.59. The predicted molar refractivity (Wildman–Crippen MR) is 50.8 cm³/mol. The van der Waals surface area contributed by atoms with Crippen LogP contribution in [0.3, 0.4) is 0 Å². The molecule has 2 aliphatic heterocycles. The van der Waals surface area contributed by atoms with Crippen LogP contribution in [0.25, 0.3) is 0 Å². The normalized spacial score (nSPS) is 20.4. The Bertz CT molecular complexity index is 338. The van der Waals surface area contributed by atoms with E-state index in [1.165, 1.54) is 0 Å². The molecule has 8 heteroatoms. The van der Waals surface area contributed by atoms with Gasteiger partial charge in [-0.15, -0.1) is 0 Å². The van der Waals surface area contributed by atoms with Crippen LogP contribution < -0.4 is 37.2 Å². The Labute approximate surface area is 127 Å². The van der Waals surface area contributed by atoms with Gasteiger partial charge in [0.25, 0.3) is 0 Å².